The Kier molecular flexibility index (Phi) is 5.61. The zero-order valence-corrected chi connectivity index (χ0v) is 19.8. The van der Waals surface area contributed by atoms with Gasteiger partial charge in [0.25, 0.3) is 0 Å². The number of carbonyl (C=O) groups excluding carboxylic acids is 1. The van der Waals surface area contributed by atoms with Crippen LogP contribution >= 0.6 is 0 Å². The Bertz CT molecular complexity index is 1440. The van der Waals surface area contributed by atoms with E-state index in [9.17, 15) is 15.3 Å². The van der Waals surface area contributed by atoms with Crippen LogP contribution in [0, 0.1) is 34.5 Å². The van der Waals surface area contributed by atoms with Crippen LogP contribution in [0.5, 0.6) is 0 Å². The summed E-state index contributed by atoms with van der Waals surface area (Å²) in [5, 5.41) is 20.0. The van der Waals surface area contributed by atoms with E-state index in [-0.39, 0.29) is 41.2 Å². The summed E-state index contributed by atoms with van der Waals surface area (Å²) in [6.07, 6.45) is 6.22. The van der Waals surface area contributed by atoms with Crippen molar-refractivity contribution in [2.75, 3.05) is 0 Å². The summed E-state index contributed by atoms with van der Waals surface area (Å²) in [5.74, 6) is 0.0250. The maximum atomic E-state index is 14.3. The second-order valence-electron chi connectivity index (χ2n) is 9.94. The maximum Gasteiger partial charge on any atom is 0.221 e. The molecule has 3 aliphatic rings. The van der Waals surface area contributed by atoms with Crippen LogP contribution in [-0.4, -0.2) is 11.8 Å². The van der Waals surface area contributed by atoms with Gasteiger partial charge in [-0.05, 0) is 41.5 Å². The van der Waals surface area contributed by atoms with Crippen molar-refractivity contribution in [1.29, 1.82) is 10.5 Å². The molecule has 0 aromatic heterocycles. The van der Waals surface area contributed by atoms with Gasteiger partial charge < -0.3 is 0 Å². The largest absolute Gasteiger partial charge is 0.292 e. The lowest BCUT2D eigenvalue weighted by molar-refractivity contribution is -0.884. The second kappa shape index (κ2) is 9.08. The lowest BCUT2D eigenvalue weighted by atomic mass is 9.72. The molecule has 0 amide bonds. The van der Waals surface area contributed by atoms with E-state index in [0.717, 1.165) is 34.4 Å². The first-order chi connectivity index (χ1) is 17.7. The Morgan fingerprint density at radius 3 is 2.14 bits per heavy atom. The normalized spacial score (nSPS) is 25.7. The molecule has 5 atom stereocenters. The minimum atomic E-state index is -0.373. The fraction of sp³-hybridized carbons (Fsp3) is 0.219. The summed E-state index contributed by atoms with van der Waals surface area (Å²) in [4.78, 5) is 15.4. The standard InChI is InChI=1S/C32H25N3O/c33-19-25(20-34)27(23-15-16-23)29-28(22-10-3-1-4-11-22)31(32(36)24-12-5-2-6-13-24)35-18-17-21-9-7-8-14-26(21)30(29)35/h1-14,17-18,23,28-31H,15-16H2/p+1/t28-,29-,30+,31-/m1/s1. The van der Waals surface area contributed by atoms with Gasteiger partial charge in [-0.15, -0.1) is 0 Å². The molecule has 0 radical (unpaired) electrons. The van der Waals surface area contributed by atoms with Crippen molar-refractivity contribution >= 4 is 11.9 Å². The highest BCUT2D eigenvalue weighted by atomic mass is 16.1. The van der Waals surface area contributed by atoms with E-state index in [0.29, 0.717) is 5.56 Å². The van der Waals surface area contributed by atoms with Gasteiger partial charge in [0.15, 0.2) is 6.04 Å². The van der Waals surface area contributed by atoms with Gasteiger partial charge in [0.05, 0.1) is 18.0 Å². The SMILES string of the molecule is N#CC(C#N)=C(C1CC1)[C@@H]1[C@@H](c2ccccc2)[C@H](C(=O)c2ccccc2)[NH+]2C=Cc3ccccc3[C@@H]12. The third kappa shape index (κ3) is 3.59. The molecule has 36 heavy (non-hydrogen) atoms. The fourth-order valence-electron chi connectivity index (χ4n) is 6.47. The molecular weight excluding hydrogens is 442 g/mol. The number of hydrogen-bond donors (Lipinski definition) is 1. The van der Waals surface area contributed by atoms with E-state index in [1.165, 1.54) is 5.56 Å². The highest BCUT2D eigenvalue weighted by Crippen LogP contribution is 2.53. The molecule has 0 bridgehead atoms. The summed E-state index contributed by atoms with van der Waals surface area (Å²) >= 11 is 0. The summed E-state index contributed by atoms with van der Waals surface area (Å²) in [7, 11) is 0. The van der Waals surface area contributed by atoms with Gasteiger partial charge in [0.2, 0.25) is 5.78 Å². The number of nitriles is 2. The number of quaternary nitrogens is 1. The van der Waals surface area contributed by atoms with Gasteiger partial charge >= 0.3 is 0 Å². The zero-order chi connectivity index (χ0) is 24.6. The van der Waals surface area contributed by atoms with Crippen molar-refractivity contribution in [2.45, 2.75) is 30.8 Å². The van der Waals surface area contributed by atoms with Gasteiger partial charge in [-0.3, -0.25) is 9.69 Å². The molecule has 2 aliphatic heterocycles. The summed E-state index contributed by atoms with van der Waals surface area (Å²) < 4.78 is 0. The van der Waals surface area contributed by atoms with Crippen LogP contribution < -0.4 is 4.90 Å². The number of ketones is 1. The van der Waals surface area contributed by atoms with E-state index in [1.54, 1.807) is 0 Å². The second-order valence-corrected chi connectivity index (χ2v) is 9.94. The van der Waals surface area contributed by atoms with Crippen molar-refractivity contribution in [3.05, 3.63) is 125 Å². The minimum Gasteiger partial charge on any atom is -0.292 e. The minimum absolute atomic E-state index is 0.0543. The third-order valence-corrected chi connectivity index (χ3v) is 8.02. The first-order valence-corrected chi connectivity index (χ1v) is 12.5. The topological polar surface area (TPSA) is 69.1 Å². The van der Waals surface area contributed by atoms with Gasteiger partial charge in [-0.2, -0.15) is 10.5 Å². The maximum absolute atomic E-state index is 14.3. The number of nitrogens with one attached hydrogen (secondary N) is 1. The van der Waals surface area contributed by atoms with Gasteiger partial charge in [-0.1, -0.05) is 84.9 Å². The van der Waals surface area contributed by atoms with Crippen LogP contribution in [0.1, 0.15) is 51.8 Å². The number of Topliss-reactive ketones (excluding diaryl/α,β-unsaturated/α-hetero) is 1. The van der Waals surface area contributed by atoms with Gasteiger partial charge in [0, 0.05) is 11.1 Å². The van der Waals surface area contributed by atoms with Crippen molar-refractivity contribution in [1.82, 2.24) is 0 Å². The molecule has 1 saturated carbocycles. The van der Waals surface area contributed by atoms with E-state index in [4.69, 9.17) is 0 Å². The Morgan fingerprint density at radius 2 is 1.47 bits per heavy atom. The van der Waals surface area contributed by atoms with E-state index < -0.39 is 0 Å². The van der Waals surface area contributed by atoms with Crippen LogP contribution in [0.15, 0.2) is 102 Å². The molecule has 0 spiro atoms. The molecule has 1 saturated heterocycles. The summed E-state index contributed by atoms with van der Waals surface area (Å²) in [6, 6.07) is 32.1. The number of fused-ring (bicyclic) bond motifs is 3. The Balaban J connectivity index is 1.63. The first-order valence-electron chi connectivity index (χ1n) is 12.5. The highest BCUT2D eigenvalue weighted by molar-refractivity contribution is 6.00. The van der Waals surface area contributed by atoms with E-state index >= 15 is 0 Å². The number of carbonyl (C=O) groups is 1. The Morgan fingerprint density at radius 1 is 0.833 bits per heavy atom. The lowest BCUT2D eigenvalue weighted by Gasteiger charge is -2.30. The Hall–Kier alpha value is -4.25. The van der Waals surface area contributed by atoms with Crippen LogP contribution in [0.4, 0.5) is 0 Å². The molecule has 2 heterocycles. The average molecular weight is 469 g/mol. The molecule has 4 heteroatoms. The first kappa shape index (κ1) is 22.2. The van der Waals surface area contributed by atoms with Crippen molar-refractivity contribution in [3.63, 3.8) is 0 Å². The number of hydrogen-bond acceptors (Lipinski definition) is 3. The van der Waals surface area contributed by atoms with Crippen molar-refractivity contribution in [3.8, 4) is 12.1 Å². The predicted octanol–water partition coefficient (Wildman–Crippen LogP) is 5.02. The summed E-state index contributed by atoms with van der Waals surface area (Å²) in [6.45, 7) is 0. The molecule has 3 aromatic carbocycles. The zero-order valence-electron chi connectivity index (χ0n) is 19.8. The number of nitrogens with zero attached hydrogens (tertiary/aromatic N) is 2. The van der Waals surface area contributed by atoms with Crippen LogP contribution in [0.3, 0.4) is 0 Å². The molecule has 1 N–H and O–H groups in total. The number of benzene rings is 3. The highest BCUT2D eigenvalue weighted by Gasteiger charge is 2.60. The number of allylic oxidation sites excluding steroid dienone is 1. The van der Waals surface area contributed by atoms with E-state index in [2.05, 4.69) is 48.7 Å². The number of rotatable bonds is 5. The lowest BCUT2D eigenvalue weighted by Crippen LogP contribution is -3.11. The molecule has 174 valence electrons. The third-order valence-electron chi connectivity index (χ3n) is 8.02. The Labute approximate surface area is 211 Å². The van der Waals surface area contributed by atoms with E-state index in [1.807, 2.05) is 60.7 Å². The molecular formula is C32H26N3O+. The van der Waals surface area contributed by atoms with Crippen LogP contribution in [-0.2, 0) is 0 Å². The van der Waals surface area contributed by atoms with Crippen LogP contribution in [0.25, 0.3) is 6.08 Å². The smallest absolute Gasteiger partial charge is 0.221 e. The predicted molar refractivity (Wildman–Crippen MR) is 137 cm³/mol. The quantitative estimate of drug-likeness (QED) is 0.422. The molecule has 1 aliphatic carbocycles. The molecule has 3 aromatic rings. The molecule has 1 unspecified atom stereocenters. The van der Waals surface area contributed by atoms with Crippen LogP contribution in [0.2, 0.25) is 0 Å². The van der Waals surface area contributed by atoms with Crippen molar-refractivity contribution in [2.24, 2.45) is 11.8 Å². The van der Waals surface area contributed by atoms with Gasteiger partial charge in [0.1, 0.15) is 23.8 Å². The molecule has 2 fully saturated rings. The fourth-order valence-corrected chi connectivity index (χ4v) is 6.47. The average Bonchev–Trinajstić information content (AvgIpc) is 3.72. The monoisotopic (exact) mass is 468 g/mol. The molecule has 6 rings (SSSR count). The molecule has 4 nitrogen and oxygen atoms in total. The van der Waals surface area contributed by atoms with Crippen molar-refractivity contribution < 1.29 is 9.69 Å². The summed E-state index contributed by atoms with van der Waals surface area (Å²) in [5.41, 5.74) is 5.27. The van der Waals surface area contributed by atoms with Gasteiger partial charge in [-0.25, -0.2) is 0 Å².